The van der Waals surface area contributed by atoms with Crippen molar-refractivity contribution in [3.63, 3.8) is 0 Å². The largest absolute Gasteiger partial charge is 0.337 e. The van der Waals surface area contributed by atoms with Crippen LogP contribution in [0.4, 0.5) is 0 Å². The summed E-state index contributed by atoms with van der Waals surface area (Å²) in [6.07, 6.45) is 5.36. The van der Waals surface area contributed by atoms with E-state index in [0.29, 0.717) is 24.3 Å². The van der Waals surface area contributed by atoms with Gasteiger partial charge in [0.25, 0.3) is 0 Å². The number of amides is 1. The Morgan fingerprint density at radius 3 is 2.45 bits per heavy atom. The number of hydrogen-bond acceptors (Lipinski definition) is 3. The number of carbonyl (C=O) groups excluding carboxylic acids is 1. The molecule has 1 amide bonds. The van der Waals surface area contributed by atoms with Crippen LogP contribution >= 0.6 is 24.8 Å². The van der Waals surface area contributed by atoms with Gasteiger partial charge in [0.2, 0.25) is 5.91 Å². The summed E-state index contributed by atoms with van der Waals surface area (Å²) in [6, 6.07) is 0.585. The molecule has 20 heavy (non-hydrogen) atoms. The summed E-state index contributed by atoms with van der Waals surface area (Å²) >= 11 is 0. The van der Waals surface area contributed by atoms with E-state index in [1.807, 2.05) is 0 Å². The molecule has 3 unspecified atom stereocenters. The smallest absolute Gasteiger partial charge is 0.223 e. The zero-order chi connectivity index (χ0) is 13.1. The standard InChI is InChI=1S/C14H27N3O.2ClH/c1-11-10-16(2)7-8-17(11)14(18)9-12-5-3-4-6-13(12)15;;/h11-13H,3-10,15H2,1-2H3;2*1H. The number of piperazine rings is 1. The minimum atomic E-state index is 0. The second kappa shape index (κ2) is 9.08. The lowest BCUT2D eigenvalue weighted by Crippen LogP contribution is -2.53. The van der Waals surface area contributed by atoms with Crippen molar-refractivity contribution >= 4 is 30.7 Å². The van der Waals surface area contributed by atoms with E-state index in [1.165, 1.54) is 12.8 Å². The average Bonchev–Trinajstić information content (AvgIpc) is 2.32. The van der Waals surface area contributed by atoms with Gasteiger partial charge in [-0.2, -0.15) is 0 Å². The van der Waals surface area contributed by atoms with E-state index >= 15 is 0 Å². The lowest BCUT2D eigenvalue weighted by atomic mass is 9.82. The van der Waals surface area contributed by atoms with Crippen LogP contribution in [0.3, 0.4) is 0 Å². The van der Waals surface area contributed by atoms with Gasteiger partial charge >= 0.3 is 0 Å². The van der Waals surface area contributed by atoms with Gasteiger partial charge in [0, 0.05) is 38.1 Å². The molecule has 2 N–H and O–H groups in total. The Balaban J connectivity index is 0.00000180. The van der Waals surface area contributed by atoms with E-state index < -0.39 is 0 Å². The average molecular weight is 326 g/mol. The molecular weight excluding hydrogens is 297 g/mol. The van der Waals surface area contributed by atoms with Gasteiger partial charge in [-0.05, 0) is 32.7 Å². The molecule has 4 nitrogen and oxygen atoms in total. The van der Waals surface area contributed by atoms with Gasteiger partial charge in [-0.25, -0.2) is 0 Å². The Morgan fingerprint density at radius 2 is 1.85 bits per heavy atom. The summed E-state index contributed by atoms with van der Waals surface area (Å²) in [7, 11) is 2.12. The molecule has 2 aliphatic rings. The predicted molar refractivity (Wildman–Crippen MR) is 87.7 cm³/mol. The lowest BCUT2D eigenvalue weighted by Gasteiger charge is -2.39. The molecule has 2 fully saturated rings. The molecule has 1 saturated carbocycles. The van der Waals surface area contributed by atoms with Gasteiger partial charge < -0.3 is 15.5 Å². The molecule has 0 aromatic rings. The van der Waals surface area contributed by atoms with Crippen molar-refractivity contribution < 1.29 is 4.79 Å². The SMILES string of the molecule is CC1CN(C)CCN1C(=O)CC1CCCCC1N.Cl.Cl. The summed E-state index contributed by atoms with van der Waals surface area (Å²) in [6.45, 7) is 5.00. The molecule has 0 spiro atoms. The van der Waals surface area contributed by atoms with Crippen molar-refractivity contribution in [2.45, 2.75) is 51.1 Å². The Kier molecular flexibility index (Phi) is 9.07. The molecule has 0 aromatic heterocycles. The van der Waals surface area contributed by atoms with Crippen LogP contribution in [-0.4, -0.2) is 54.5 Å². The topological polar surface area (TPSA) is 49.6 Å². The third-order valence-corrected chi connectivity index (χ3v) is 4.56. The Hall–Kier alpha value is -0.0300. The second-order valence-corrected chi connectivity index (χ2v) is 6.11. The highest BCUT2D eigenvalue weighted by molar-refractivity contribution is 5.85. The van der Waals surface area contributed by atoms with E-state index in [4.69, 9.17) is 5.73 Å². The highest BCUT2D eigenvalue weighted by Gasteiger charge is 2.30. The van der Waals surface area contributed by atoms with E-state index in [-0.39, 0.29) is 30.9 Å². The second-order valence-electron chi connectivity index (χ2n) is 6.11. The van der Waals surface area contributed by atoms with Gasteiger partial charge in [0.05, 0.1) is 0 Å². The lowest BCUT2D eigenvalue weighted by molar-refractivity contribution is -0.136. The Morgan fingerprint density at radius 1 is 1.20 bits per heavy atom. The third-order valence-electron chi connectivity index (χ3n) is 4.56. The number of nitrogens with two attached hydrogens (primary N) is 1. The number of likely N-dealkylation sites (N-methyl/N-ethyl adjacent to an activating group) is 1. The number of halogens is 2. The predicted octanol–water partition coefficient (Wildman–Crippen LogP) is 1.90. The quantitative estimate of drug-likeness (QED) is 0.843. The zero-order valence-corrected chi connectivity index (χ0v) is 14.2. The van der Waals surface area contributed by atoms with Crippen molar-refractivity contribution in [1.29, 1.82) is 0 Å². The van der Waals surface area contributed by atoms with Crippen molar-refractivity contribution in [1.82, 2.24) is 9.80 Å². The molecule has 2 rings (SSSR count). The summed E-state index contributed by atoms with van der Waals surface area (Å²) < 4.78 is 0. The minimum absolute atomic E-state index is 0. The molecule has 0 bridgehead atoms. The van der Waals surface area contributed by atoms with Gasteiger partial charge in [0.15, 0.2) is 0 Å². The van der Waals surface area contributed by atoms with Crippen LogP contribution in [-0.2, 0) is 4.79 Å². The maximum atomic E-state index is 12.4. The zero-order valence-electron chi connectivity index (χ0n) is 12.6. The molecule has 3 atom stereocenters. The van der Waals surface area contributed by atoms with Gasteiger partial charge in [0.1, 0.15) is 0 Å². The fourth-order valence-corrected chi connectivity index (χ4v) is 3.34. The Bertz CT molecular complexity index is 304. The maximum Gasteiger partial charge on any atom is 0.223 e. The molecular formula is C14H29Cl2N3O. The van der Waals surface area contributed by atoms with E-state index in [0.717, 1.165) is 32.5 Å². The first-order chi connectivity index (χ1) is 8.58. The number of rotatable bonds is 2. The molecule has 1 saturated heterocycles. The van der Waals surface area contributed by atoms with Crippen molar-refractivity contribution in [3.05, 3.63) is 0 Å². The molecule has 1 heterocycles. The van der Waals surface area contributed by atoms with Gasteiger partial charge in [-0.3, -0.25) is 4.79 Å². The summed E-state index contributed by atoms with van der Waals surface area (Å²) in [5, 5.41) is 0. The monoisotopic (exact) mass is 325 g/mol. The van der Waals surface area contributed by atoms with Crippen LogP contribution in [0.15, 0.2) is 0 Å². The fraction of sp³-hybridized carbons (Fsp3) is 0.929. The summed E-state index contributed by atoms with van der Waals surface area (Å²) in [5.41, 5.74) is 6.13. The van der Waals surface area contributed by atoms with Crippen molar-refractivity contribution in [2.75, 3.05) is 26.7 Å². The highest BCUT2D eigenvalue weighted by Crippen LogP contribution is 2.26. The molecule has 0 aromatic carbocycles. The van der Waals surface area contributed by atoms with Crippen LogP contribution in [0.2, 0.25) is 0 Å². The van der Waals surface area contributed by atoms with Crippen molar-refractivity contribution in [3.8, 4) is 0 Å². The van der Waals surface area contributed by atoms with E-state index in [2.05, 4.69) is 23.8 Å². The van der Waals surface area contributed by atoms with E-state index in [9.17, 15) is 4.79 Å². The number of carbonyl (C=O) groups is 1. The third kappa shape index (κ3) is 5.06. The van der Waals surface area contributed by atoms with E-state index in [1.54, 1.807) is 0 Å². The van der Waals surface area contributed by atoms with Crippen molar-refractivity contribution in [2.24, 2.45) is 11.7 Å². The van der Waals surface area contributed by atoms with Crippen LogP contribution in [0, 0.1) is 5.92 Å². The number of hydrogen-bond donors (Lipinski definition) is 1. The van der Waals surface area contributed by atoms with Crippen LogP contribution < -0.4 is 5.73 Å². The van der Waals surface area contributed by atoms with Gasteiger partial charge in [-0.1, -0.05) is 12.8 Å². The van der Waals surface area contributed by atoms with Gasteiger partial charge in [-0.15, -0.1) is 24.8 Å². The normalized spacial score (nSPS) is 31.1. The molecule has 1 aliphatic heterocycles. The van der Waals surface area contributed by atoms with Crippen LogP contribution in [0.1, 0.15) is 39.0 Å². The Labute approximate surface area is 135 Å². The van der Waals surface area contributed by atoms with Crippen LogP contribution in [0.5, 0.6) is 0 Å². The summed E-state index contributed by atoms with van der Waals surface area (Å²) in [4.78, 5) is 16.7. The first-order valence-corrected chi connectivity index (χ1v) is 7.31. The molecule has 0 radical (unpaired) electrons. The highest BCUT2D eigenvalue weighted by atomic mass is 35.5. The first kappa shape index (κ1) is 20.0. The fourth-order valence-electron chi connectivity index (χ4n) is 3.34. The molecule has 6 heteroatoms. The van der Waals surface area contributed by atoms with Crippen LogP contribution in [0.25, 0.3) is 0 Å². The molecule has 1 aliphatic carbocycles. The molecule has 120 valence electrons. The maximum absolute atomic E-state index is 12.4. The number of nitrogens with zero attached hydrogens (tertiary/aromatic N) is 2. The summed E-state index contributed by atoms with van der Waals surface area (Å²) in [5.74, 6) is 0.732. The minimum Gasteiger partial charge on any atom is -0.337 e. The first-order valence-electron chi connectivity index (χ1n) is 7.31.